The van der Waals surface area contributed by atoms with Crippen molar-refractivity contribution in [2.24, 2.45) is 11.8 Å². The lowest BCUT2D eigenvalue weighted by molar-refractivity contribution is -0.123. The van der Waals surface area contributed by atoms with E-state index < -0.39 is 0 Å². The lowest BCUT2D eigenvalue weighted by Crippen LogP contribution is -2.53. The van der Waals surface area contributed by atoms with Gasteiger partial charge in [0.05, 0.1) is 0 Å². The summed E-state index contributed by atoms with van der Waals surface area (Å²) < 4.78 is 0. The largest absolute Gasteiger partial charge is 0.332 e. The molecule has 6 nitrogen and oxygen atoms in total. The van der Waals surface area contributed by atoms with Crippen LogP contribution in [0.1, 0.15) is 76.2 Å². The first-order valence-corrected chi connectivity index (χ1v) is 13.1. The number of Topliss-reactive ketones (excluding diaryl/α,β-unsaturated/α-hetero) is 1. The number of carbonyl (C=O) groups is 1. The van der Waals surface area contributed by atoms with Gasteiger partial charge in [-0.1, -0.05) is 6.92 Å². The van der Waals surface area contributed by atoms with Crippen molar-refractivity contribution in [2.75, 3.05) is 44.7 Å². The van der Waals surface area contributed by atoms with E-state index in [1.54, 1.807) is 0 Å². The summed E-state index contributed by atoms with van der Waals surface area (Å²) in [5, 5.41) is 0. The van der Waals surface area contributed by atoms with E-state index in [4.69, 9.17) is 9.97 Å². The number of likely N-dealkylation sites (N-methyl/N-ethyl adjacent to an activating group) is 1. The van der Waals surface area contributed by atoms with Crippen LogP contribution in [0.15, 0.2) is 12.4 Å². The molecule has 176 valence electrons. The summed E-state index contributed by atoms with van der Waals surface area (Å²) in [5.74, 6) is 3.17. The lowest BCUT2D eigenvalue weighted by Gasteiger charge is -2.39. The molecular formula is C26H41N5O. The van der Waals surface area contributed by atoms with Crippen LogP contribution in [0.3, 0.4) is 0 Å². The monoisotopic (exact) mass is 439 g/mol. The van der Waals surface area contributed by atoms with Gasteiger partial charge in [-0.15, -0.1) is 0 Å². The molecule has 0 N–H and O–H groups in total. The number of carbonyl (C=O) groups excluding carboxylic acids is 1. The quantitative estimate of drug-likeness (QED) is 0.673. The van der Waals surface area contributed by atoms with E-state index in [1.807, 2.05) is 6.92 Å². The van der Waals surface area contributed by atoms with Gasteiger partial charge in [-0.05, 0) is 88.9 Å². The highest BCUT2D eigenvalue weighted by atomic mass is 16.1. The second-order valence-electron chi connectivity index (χ2n) is 10.9. The Morgan fingerprint density at radius 2 is 1.56 bits per heavy atom. The Hall–Kier alpha value is -1.53. The molecule has 3 aliphatic heterocycles. The second-order valence-corrected chi connectivity index (χ2v) is 10.9. The van der Waals surface area contributed by atoms with Gasteiger partial charge in [0.15, 0.2) is 0 Å². The van der Waals surface area contributed by atoms with Crippen LogP contribution < -0.4 is 4.90 Å². The fourth-order valence-corrected chi connectivity index (χ4v) is 6.89. The van der Waals surface area contributed by atoms with E-state index in [2.05, 4.69) is 34.1 Å². The zero-order chi connectivity index (χ0) is 22.1. The van der Waals surface area contributed by atoms with Crippen LogP contribution in [0.25, 0.3) is 0 Å². The number of piperidine rings is 1. The predicted octanol–water partition coefficient (Wildman–Crippen LogP) is 3.72. The molecule has 32 heavy (non-hydrogen) atoms. The number of hydrogen-bond donors (Lipinski definition) is 0. The number of piperazine rings is 1. The molecule has 2 bridgehead atoms. The Morgan fingerprint density at radius 1 is 0.938 bits per heavy atom. The number of aromatic nitrogens is 2. The number of ketones is 1. The number of fused-ring (bicyclic) bond motifs is 2. The zero-order valence-corrected chi connectivity index (χ0v) is 20.1. The van der Waals surface area contributed by atoms with Crippen LogP contribution >= 0.6 is 0 Å². The van der Waals surface area contributed by atoms with E-state index in [0.29, 0.717) is 36.1 Å². The fourth-order valence-electron chi connectivity index (χ4n) is 6.89. The molecule has 1 saturated carbocycles. The number of likely N-dealkylation sites (tertiary alicyclic amines) is 2. The van der Waals surface area contributed by atoms with Gasteiger partial charge >= 0.3 is 0 Å². The van der Waals surface area contributed by atoms with Crippen LogP contribution in [0.5, 0.6) is 0 Å². The average molecular weight is 440 g/mol. The molecule has 1 aromatic rings. The molecule has 0 spiro atoms. The Morgan fingerprint density at radius 3 is 2.16 bits per heavy atom. The molecule has 3 saturated heterocycles. The van der Waals surface area contributed by atoms with E-state index >= 15 is 0 Å². The smallest absolute Gasteiger partial charge is 0.225 e. The van der Waals surface area contributed by atoms with E-state index in [9.17, 15) is 4.79 Å². The molecule has 4 heterocycles. The van der Waals surface area contributed by atoms with Crippen LogP contribution in [0, 0.1) is 11.8 Å². The highest BCUT2D eigenvalue weighted by Crippen LogP contribution is 2.35. The first-order chi connectivity index (χ1) is 15.6. The van der Waals surface area contributed by atoms with Crippen LogP contribution in [0.4, 0.5) is 5.95 Å². The first-order valence-electron chi connectivity index (χ1n) is 13.1. The predicted molar refractivity (Wildman–Crippen MR) is 128 cm³/mol. The summed E-state index contributed by atoms with van der Waals surface area (Å²) >= 11 is 0. The van der Waals surface area contributed by atoms with Crippen molar-refractivity contribution in [1.29, 1.82) is 0 Å². The Balaban J connectivity index is 1.09. The van der Waals surface area contributed by atoms with Crippen molar-refractivity contribution >= 4 is 11.7 Å². The zero-order valence-electron chi connectivity index (χ0n) is 20.1. The minimum atomic E-state index is 0.353. The summed E-state index contributed by atoms with van der Waals surface area (Å²) in [6, 6.07) is 1.17. The summed E-state index contributed by atoms with van der Waals surface area (Å²) in [7, 11) is 2.23. The van der Waals surface area contributed by atoms with Gasteiger partial charge in [-0.3, -0.25) is 4.79 Å². The molecule has 1 aliphatic carbocycles. The Bertz CT molecular complexity index is 753. The van der Waals surface area contributed by atoms with Crippen molar-refractivity contribution in [3.63, 3.8) is 0 Å². The summed E-state index contributed by atoms with van der Waals surface area (Å²) in [5.41, 5.74) is 1.33. The summed E-state index contributed by atoms with van der Waals surface area (Å²) in [6.07, 6.45) is 14.6. The molecule has 4 aliphatic rings. The molecule has 5 rings (SSSR count). The molecule has 6 heteroatoms. The lowest BCUT2D eigenvalue weighted by atomic mass is 9.79. The van der Waals surface area contributed by atoms with Gasteiger partial charge < -0.3 is 14.7 Å². The van der Waals surface area contributed by atoms with Crippen LogP contribution in [-0.2, 0) is 4.79 Å². The number of rotatable bonds is 6. The normalized spacial score (nSPS) is 32.4. The van der Waals surface area contributed by atoms with Gasteiger partial charge in [0.25, 0.3) is 0 Å². The SMILES string of the molecule is CCC(=O)C1CCC(CN2CCC(c3cnc(N4C5CCC4CN(C)C5)nc3)CC2)CC1. The minimum Gasteiger partial charge on any atom is -0.332 e. The van der Waals surface area contributed by atoms with Crippen LogP contribution in [0.2, 0.25) is 0 Å². The van der Waals surface area contributed by atoms with Gasteiger partial charge in [-0.2, -0.15) is 0 Å². The molecule has 2 atom stereocenters. The molecule has 0 aromatic carbocycles. The topological polar surface area (TPSA) is 52.6 Å². The van der Waals surface area contributed by atoms with Gasteiger partial charge in [-0.25, -0.2) is 9.97 Å². The Labute approximate surface area is 193 Å². The van der Waals surface area contributed by atoms with Crippen molar-refractivity contribution in [1.82, 2.24) is 19.8 Å². The van der Waals surface area contributed by atoms with E-state index in [1.165, 1.54) is 63.7 Å². The fraction of sp³-hybridized carbons (Fsp3) is 0.808. The molecule has 1 aromatic heterocycles. The number of anilines is 1. The maximum Gasteiger partial charge on any atom is 0.225 e. The molecule has 0 radical (unpaired) electrons. The second kappa shape index (κ2) is 9.76. The summed E-state index contributed by atoms with van der Waals surface area (Å²) in [4.78, 5) is 29.3. The van der Waals surface area contributed by atoms with Crippen molar-refractivity contribution < 1.29 is 4.79 Å². The Kier molecular flexibility index (Phi) is 6.79. The average Bonchev–Trinajstić information content (AvgIpc) is 3.10. The van der Waals surface area contributed by atoms with Crippen molar-refractivity contribution in [3.05, 3.63) is 18.0 Å². The third-order valence-electron chi connectivity index (χ3n) is 8.78. The van der Waals surface area contributed by atoms with Gasteiger partial charge in [0, 0.05) is 56.5 Å². The first kappa shape index (κ1) is 22.3. The third kappa shape index (κ3) is 4.72. The van der Waals surface area contributed by atoms with Crippen LogP contribution in [-0.4, -0.2) is 77.4 Å². The van der Waals surface area contributed by atoms with Gasteiger partial charge in [0.1, 0.15) is 5.78 Å². The highest BCUT2D eigenvalue weighted by Gasteiger charge is 2.40. The number of nitrogens with zero attached hydrogens (tertiary/aromatic N) is 5. The van der Waals surface area contributed by atoms with Crippen molar-refractivity contribution in [3.8, 4) is 0 Å². The van der Waals surface area contributed by atoms with Gasteiger partial charge in [0.2, 0.25) is 5.95 Å². The maximum absolute atomic E-state index is 12.0. The van der Waals surface area contributed by atoms with Crippen molar-refractivity contribution in [2.45, 2.75) is 82.7 Å². The molecular weight excluding hydrogens is 398 g/mol. The van der Waals surface area contributed by atoms with E-state index in [0.717, 1.165) is 37.8 Å². The molecule has 2 unspecified atom stereocenters. The molecule has 4 fully saturated rings. The standard InChI is InChI=1S/C26H41N5O/c1-3-25(32)21-6-4-19(5-7-21)16-30-12-10-20(11-13-30)22-14-27-26(28-15-22)31-23-8-9-24(31)18-29(2)17-23/h14-15,19-21,23-24H,3-13,16-18H2,1-2H3. The highest BCUT2D eigenvalue weighted by molar-refractivity contribution is 5.80. The molecule has 0 amide bonds. The minimum absolute atomic E-state index is 0.353. The third-order valence-corrected chi connectivity index (χ3v) is 8.78. The summed E-state index contributed by atoms with van der Waals surface area (Å²) in [6.45, 7) is 7.87. The van der Waals surface area contributed by atoms with E-state index in [-0.39, 0.29) is 0 Å². The number of hydrogen-bond acceptors (Lipinski definition) is 6. The maximum atomic E-state index is 12.0.